The number of carbonyl (C=O) groups is 2. The molecule has 7 aromatic rings. The van der Waals surface area contributed by atoms with Crippen LogP contribution in [0.4, 0.5) is 33.6 Å². The number of carbonyl (C=O) groups excluding carboxylic acids is 2. The molecule has 1 aliphatic heterocycles. The standard InChI is InChI=1S/C21H14ClFN2O2.C21H14F4N2O2/c1-12-8-18-14(10-19(23)27-18)9-16(12)13-6-7-20(24-11-13)25-21(26)15-4-2-3-5-17(15)22;1-11-7-17-13(9-21(24,25)29-17)8-14(11)12-5-6-18(26-10-12)27-20(28)19-15(22)3-2-4-16(19)23/h2-11H,1H3,(H,24,25,26);2-8,10H,9H2,1H3,(H,26,27,28). The maximum absolute atomic E-state index is 13.7. The van der Waals surface area contributed by atoms with Crippen LogP contribution in [0.25, 0.3) is 33.2 Å². The summed E-state index contributed by atoms with van der Waals surface area (Å²) in [5.74, 6) is -2.59. The van der Waals surface area contributed by atoms with E-state index >= 15 is 0 Å². The number of nitrogens with one attached hydrogen (secondary N) is 2. The maximum Gasteiger partial charge on any atom is 0.402 e. The Morgan fingerprint density at radius 1 is 0.732 bits per heavy atom. The minimum Gasteiger partial charge on any atom is -0.432 e. The Labute approximate surface area is 320 Å². The van der Waals surface area contributed by atoms with Crippen molar-refractivity contribution in [1.29, 1.82) is 0 Å². The lowest BCUT2D eigenvalue weighted by molar-refractivity contribution is -0.159. The third-order valence-corrected chi connectivity index (χ3v) is 9.17. The van der Waals surface area contributed by atoms with Crippen LogP contribution in [0.1, 0.15) is 37.4 Å². The largest absolute Gasteiger partial charge is 0.432 e. The number of benzene rings is 4. The van der Waals surface area contributed by atoms with Crippen molar-refractivity contribution in [2.75, 3.05) is 10.6 Å². The molecule has 0 fully saturated rings. The maximum atomic E-state index is 13.7. The van der Waals surface area contributed by atoms with E-state index in [1.54, 1.807) is 67.7 Å². The Morgan fingerprint density at radius 2 is 1.34 bits per heavy atom. The van der Waals surface area contributed by atoms with E-state index < -0.39 is 41.6 Å². The minimum atomic E-state index is -3.22. The Balaban J connectivity index is 0.000000172. The Hall–Kier alpha value is -6.60. The fourth-order valence-electron chi connectivity index (χ4n) is 6.13. The predicted molar refractivity (Wildman–Crippen MR) is 202 cm³/mol. The summed E-state index contributed by atoms with van der Waals surface area (Å²) in [7, 11) is 0. The quantitative estimate of drug-likeness (QED) is 0.163. The SMILES string of the molecule is Cc1cc2c(cc1-c1ccc(NC(=O)c3c(F)cccc3F)nc1)CC(F)(F)O2.Cc1cc2oc(F)cc2cc1-c1ccc(NC(=O)c2ccccc2Cl)nc1. The van der Waals surface area contributed by atoms with Gasteiger partial charge in [0.2, 0.25) is 0 Å². The molecule has 0 spiro atoms. The normalized spacial score (nSPS) is 12.6. The molecule has 8 nitrogen and oxygen atoms in total. The molecular formula is C42H28ClF5N4O4. The topological polar surface area (TPSA) is 106 Å². The number of ether oxygens (including phenoxy) is 1. The number of pyridine rings is 2. The number of aryl methyl sites for hydroxylation is 2. The molecule has 3 aromatic heterocycles. The van der Waals surface area contributed by atoms with Gasteiger partial charge in [-0.25, -0.2) is 18.7 Å². The van der Waals surface area contributed by atoms with Gasteiger partial charge in [-0.3, -0.25) is 9.59 Å². The zero-order chi connectivity index (χ0) is 39.7. The van der Waals surface area contributed by atoms with Crippen LogP contribution >= 0.6 is 11.6 Å². The van der Waals surface area contributed by atoms with Crippen LogP contribution in [0, 0.1) is 31.5 Å². The number of halogens is 6. The molecule has 2 amide bonds. The molecular weight excluding hydrogens is 755 g/mol. The monoisotopic (exact) mass is 782 g/mol. The van der Waals surface area contributed by atoms with Crippen LogP contribution in [-0.4, -0.2) is 27.9 Å². The van der Waals surface area contributed by atoms with Gasteiger partial charge in [-0.1, -0.05) is 29.8 Å². The molecule has 1 aliphatic rings. The Kier molecular flexibility index (Phi) is 10.3. The molecule has 2 N–H and O–H groups in total. The zero-order valence-corrected chi connectivity index (χ0v) is 30.2. The van der Waals surface area contributed by atoms with Gasteiger partial charge in [0.1, 0.15) is 40.2 Å². The zero-order valence-electron chi connectivity index (χ0n) is 29.4. The van der Waals surface area contributed by atoms with Crippen LogP contribution in [0.5, 0.6) is 5.75 Å². The van der Waals surface area contributed by atoms with E-state index in [2.05, 4.69) is 25.3 Å². The highest BCUT2D eigenvalue weighted by molar-refractivity contribution is 6.34. The smallest absolute Gasteiger partial charge is 0.402 e. The van der Waals surface area contributed by atoms with E-state index in [0.717, 1.165) is 34.9 Å². The van der Waals surface area contributed by atoms with E-state index in [4.69, 9.17) is 16.0 Å². The lowest BCUT2D eigenvalue weighted by Gasteiger charge is -2.10. The van der Waals surface area contributed by atoms with Crippen molar-refractivity contribution in [2.24, 2.45) is 0 Å². The molecule has 56 heavy (non-hydrogen) atoms. The van der Waals surface area contributed by atoms with Gasteiger partial charge in [0.05, 0.1) is 17.0 Å². The van der Waals surface area contributed by atoms with Gasteiger partial charge in [-0.2, -0.15) is 13.2 Å². The summed E-state index contributed by atoms with van der Waals surface area (Å²) in [6, 6.07) is 24.1. The number of alkyl halides is 2. The number of amides is 2. The van der Waals surface area contributed by atoms with Crippen molar-refractivity contribution >= 4 is 46.0 Å². The lowest BCUT2D eigenvalue weighted by Crippen LogP contribution is -2.20. The van der Waals surface area contributed by atoms with Gasteiger partial charge in [-0.15, -0.1) is 0 Å². The molecule has 0 unspecified atom stereocenters. The van der Waals surface area contributed by atoms with E-state index in [1.165, 1.54) is 18.3 Å². The molecule has 0 atom stereocenters. The molecule has 0 aliphatic carbocycles. The summed E-state index contributed by atoms with van der Waals surface area (Å²) >= 11 is 6.04. The molecule has 14 heteroatoms. The van der Waals surface area contributed by atoms with E-state index in [1.807, 2.05) is 19.1 Å². The van der Waals surface area contributed by atoms with Crippen LogP contribution in [0.3, 0.4) is 0 Å². The van der Waals surface area contributed by atoms with Crippen LogP contribution < -0.4 is 15.4 Å². The van der Waals surface area contributed by atoms with Gasteiger partial charge < -0.3 is 19.8 Å². The van der Waals surface area contributed by atoms with Gasteiger partial charge in [0, 0.05) is 40.5 Å². The lowest BCUT2D eigenvalue weighted by atomic mass is 9.98. The summed E-state index contributed by atoms with van der Waals surface area (Å²) in [5, 5.41) is 6.12. The highest BCUT2D eigenvalue weighted by Crippen LogP contribution is 2.41. The van der Waals surface area contributed by atoms with Crippen molar-refractivity contribution in [3.05, 3.63) is 160 Å². The highest BCUT2D eigenvalue weighted by atomic mass is 35.5. The minimum absolute atomic E-state index is 0.0927. The molecule has 0 saturated heterocycles. The predicted octanol–water partition coefficient (Wildman–Crippen LogP) is 11.0. The van der Waals surface area contributed by atoms with Crippen molar-refractivity contribution in [3.8, 4) is 28.0 Å². The first-order valence-corrected chi connectivity index (χ1v) is 17.3. The van der Waals surface area contributed by atoms with Crippen LogP contribution in [0.15, 0.2) is 114 Å². The molecule has 0 saturated carbocycles. The number of hydrogen-bond donors (Lipinski definition) is 2. The number of hydrogen-bond acceptors (Lipinski definition) is 6. The molecule has 4 aromatic carbocycles. The van der Waals surface area contributed by atoms with Crippen molar-refractivity contribution < 1.29 is 40.7 Å². The Morgan fingerprint density at radius 3 is 1.96 bits per heavy atom. The van der Waals surface area contributed by atoms with Crippen molar-refractivity contribution in [1.82, 2.24) is 9.97 Å². The second-order valence-corrected chi connectivity index (χ2v) is 13.2. The number of anilines is 2. The van der Waals surface area contributed by atoms with E-state index in [9.17, 15) is 31.5 Å². The summed E-state index contributed by atoms with van der Waals surface area (Å²) in [5.41, 5.74) is 5.33. The average Bonchev–Trinajstić information content (AvgIpc) is 3.67. The van der Waals surface area contributed by atoms with Gasteiger partial charge in [-0.05, 0) is 109 Å². The number of furan rings is 1. The third kappa shape index (κ3) is 8.08. The van der Waals surface area contributed by atoms with E-state index in [-0.39, 0.29) is 17.5 Å². The fraction of sp³-hybridized carbons (Fsp3) is 0.0952. The molecule has 0 bridgehead atoms. The van der Waals surface area contributed by atoms with Crippen molar-refractivity contribution in [2.45, 2.75) is 26.4 Å². The highest BCUT2D eigenvalue weighted by Gasteiger charge is 2.40. The molecule has 8 rings (SSSR count). The van der Waals surface area contributed by atoms with Crippen LogP contribution in [0.2, 0.25) is 5.02 Å². The summed E-state index contributed by atoms with van der Waals surface area (Å²) in [4.78, 5) is 32.8. The fourth-order valence-corrected chi connectivity index (χ4v) is 6.35. The first kappa shape index (κ1) is 37.7. The summed E-state index contributed by atoms with van der Waals surface area (Å²) in [6.07, 6.45) is -0.629. The number of fused-ring (bicyclic) bond motifs is 2. The first-order valence-electron chi connectivity index (χ1n) is 16.9. The second-order valence-electron chi connectivity index (χ2n) is 12.8. The summed E-state index contributed by atoms with van der Waals surface area (Å²) in [6.45, 7) is 3.67. The van der Waals surface area contributed by atoms with Gasteiger partial charge >= 0.3 is 6.11 Å². The third-order valence-electron chi connectivity index (χ3n) is 8.84. The van der Waals surface area contributed by atoms with E-state index in [0.29, 0.717) is 49.6 Å². The summed E-state index contributed by atoms with van der Waals surface area (Å²) < 4.78 is 77.3. The van der Waals surface area contributed by atoms with Gasteiger partial charge in [0.25, 0.3) is 17.8 Å². The molecule has 0 radical (unpaired) electrons. The number of nitrogens with zero attached hydrogens (tertiary/aromatic N) is 2. The second kappa shape index (κ2) is 15.3. The Bertz CT molecular complexity index is 2610. The first-order chi connectivity index (χ1) is 26.7. The average molecular weight is 783 g/mol. The number of rotatable bonds is 6. The molecule has 4 heterocycles. The molecule has 282 valence electrons. The van der Waals surface area contributed by atoms with Crippen LogP contribution in [-0.2, 0) is 6.42 Å². The van der Waals surface area contributed by atoms with Crippen molar-refractivity contribution in [3.63, 3.8) is 0 Å². The van der Waals surface area contributed by atoms with Gasteiger partial charge in [0.15, 0.2) is 0 Å². The number of aromatic nitrogens is 2.